The summed E-state index contributed by atoms with van der Waals surface area (Å²) >= 11 is 0. The highest BCUT2D eigenvalue weighted by atomic mass is 32.2. The highest BCUT2D eigenvalue weighted by molar-refractivity contribution is 7.89. The van der Waals surface area contributed by atoms with Crippen molar-refractivity contribution >= 4 is 29.1 Å². The lowest BCUT2D eigenvalue weighted by atomic mass is 9.91. The summed E-state index contributed by atoms with van der Waals surface area (Å²) in [5, 5.41) is 0. The van der Waals surface area contributed by atoms with Gasteiger partial charge in [0.2, 0.25) is 10.0 Å². The second-order valence-electron chi connectivity index (χ2n) is 11.9. The van der Waals surface area contributed by atoms with Crippen molar-refractivity contribution in [3.05, 3.63) is 72.0 Å². The van der Waals surface area contributed by atoms with Crippen molar-refractivity contribution in [1.82, 2.24) is 4.31 Å². The van der Waals surface area contributed by atoms with Gasteiger partial charge >= 0.3 is 0 Å². The molecule has 0 aliphatic heterocycles. The second-order valence-corrected chi connectivity index (χ2v) is 20.7. The van der Waals surface area contributed by atoms with Gasteiger partial charge in [-0.3, -0.25) is 4.21 Å². The van der Waals surface area contributed by atoms with Crippen molar-refractivity contribution < 1.29 is 17.1 Å². The molecule has 2 aromatic rings. The number of nitrogens with zero attached hydrogens (tertiary/aromatic N) is 1. The molecule has 0 radical (unpaired) electrons. The van der Waals surface area contributed by atoms with E-state index in [0.717, 1.165) is 17.7 Å². The molecule has 0 N–H and O–H groups in total. The van der Waals surface area contributed by atoms with Crippen molar-refractivity contribution in [2.45, 2.75) is 101 Å². The number of hydrogen-bond acceptors (Lipinski definition) is 4. The van der Waals surface area contributed by atoms with Crippen LogP contribution in [0.4, 0.5) is 0 Å². The smallest absolute Gasteiger partial charge is 0.258 e. The van der Waals surface area contributed by atoms with Crippen LogP contribution >= 0.6 is 0 Å². The summed E-state index contributed by atoms with van der Waals surface area (Å²) in [5.41, 5.74) is 2.10. The SMILES string of the molecule is Cc1ccc(S(=O)(=O)N(CCS(=O)c2ccccc2)C2CC(C)CC=C2O[Si](C(C)C)(C(C)C)C(C)C)cc1. The van der Waals surface area contributed by atoms with Crippen LogP contribution in [0.2, 0.25) is 16.6 Å². The molecule has 2 aromatic carbocycles. The van der Waals surface area contributed by atoms with Crippen LogP contribution in [0.15, 0.2) is 76.2 Å². The predicted octanol–water partition coefficient (Wildman–Crippen LogP) is 7.67. The van der Waals surface area contributed by atoms with Crippen LogP contribution in [0.1, 0.15) is 66.9 Å². The Balaban J connectivity index is 2.07. The van der Waals surface area contributed by atoms with Crippen molar-refractivity contribution in [1.29, 1.82) is 0 Å². The molecule has 3 atom stereocenters. The molecule has 0 amide bonds. The minimum Gasteiger partial charge on any atom is -0.545 e. The molecule has 0 spiro atoms. The number of sulfonamides is 1. The fraction of sp³-hybridized carbons (Fsp3) is 0.548. The van der Waals surface area contributed by atoms with Crippen molar-refractivity contribution in [3.8, 4) is 0 Å². The van der Waals surface area contributed by atoms with E-state index in [2.05, 4.69) is 54.5 Å². The third-order valence-electron chi connectivity index (χ3n) is 8.16. The van der Waals surface area contributed by atoms with Gasteiger partial charge in [0.25, 0.3) is 8.32 Å². The standard InChI is InChI=1S/C31H47NO4S2Si/c1-23(2)39(24(3)4,25(5)6)36-31-19-16-27(8)22-30(31)32(20-21-37(33)28-12-10-9-11-13-28)38(34,35)29-17-14-26(7)15-18-29/h9-15,17-19,23-25,27,30H,16,20-22H2,1-8H3. The highest BCUT2D eigenvalue weighted by Crippen LogP contribution is 2.46. The molecular formula is C31H47NO4S2Si. The number of benzene rings is 2. The van der Waals surface area contributed by atoms with E-state index in [4.69, 9.17) is 4.43 Å². The van der Waals surface area contributed by atoms with Gasteiger partial charge in [0.15, 0.2) is 0 Å². The maximum atomic E-state index is 14.3. The summed E-state index contributed by atoms with van der Waals surface area (Å²) in [6.07, 6.45) is 3.67. The lowest BCUT2D eigenvalue weighted by Crippen LogP contribution is -2.52. The molecule has 3 unspecified atom stereocenters. The molecular weight excluding hydrogens is 543 g/mol. The molecule has 39 heavy (non-hydrogen) atoms. The predicted molar refractivity (Wildman–Crippen MR) is 165 cm³/mol. The van der Waals surface area contributed by atoms with E-state index in [1.807, 2.05) is 49.4 Å². The van der Waals surface area contributed by atoms with E-state index < -0.39 is 35.2 Å². The minimum absolute atomic E-state index is 0.148. The highest BCUT2D eigenvalue weighted by Gasteiger charge is 2.49. The van der Waals surface area contributed by atoms with Gasteiger partial charge in [0.1, 0.15) is 0 Å². The fourth-order valence-corrected chi connectivity index (χ4v) is 14.2. The van der Waals surface area contributed by atoms with Crippen LogP contribution in [0.3, 0.4) is 0 Å². The minimum atomic E-state index is -3.87. The Morgan fingerprint density at radius 2 is 1.51 bits per heavy atom. The normalized spacial score (nSPS) is 19.5. The van der Waals surface area contributed by atoms with Crippen LogP contribution in [0.25, 0.3) is 0 Å². The Hall–Kier alpha value is -1.74. The van der Waals surface area contributed by atoms with Crippen LogP contribution in [0, 0.1) is 12.8 Å². The molecule has 0 saturated heterocycles. The Kier molecular flexibility index (Phi) is 10.8. The van der Waals surface area contributed by atoms with Crippen LogP contribution < -0.4 is 0 Å². The van der Waals surface area contributed by atoms with Gasteiger partial charge in [0, 0.05) is 17.2 Å². The molecule has 8 heteroatoms. The molecule has 1 aliphatic carbocycles. The van der Waals surface area contributed by atoms with Crippen LogP contribution in [-0.2, 0) is 25.2 Å². The Labute approximate surface area is 240 Å². The maximum Gasteiger partial charge on any atom is 0.258 e. The largest absolute Gasteiger partial charge is 0.545 e. The van der Waals surface area contributed by atoms with Crippen LogP contribution in [-0.4, -0.2) is 43.6 Å². The van der Waals surface area contributed by atoms with Crippen molar-refractivity contribution in [3.63, 3.8) is 0 Å². The first-order chi connectivity index (χ1) is 18.3. The topological polar surface area (TPSA) is 63.7 Å². The zero-order chi connectivity index (χ0) is 29.0. The van der Waals surface area contributed by atoms with Gasteiger partial charge in [0.05, 0.1) is 27.5 Å². The summed E-state index contributed by atoms with van der Waals surface area (Å²) in [6, 6.07) is 15.9. The third-order valence-corrected chi connectivity index (χ3v) is 17.4. The lowest BCUT2D eigenvalue weighted by Gasteiger charge is -2.46. The van der Waals surface area contributed by atoms with Gasteiger partial charge in [-0.25, -0.2) is 8.42 Å². The average molecular weight is 590 g/mol. The summed E-state index contributed by atoms with van der Waals surface area (Å²) in [7, 11) is -7.51. The summed E-state index contributed by atoms with van der Waals surface area (Å²) in [4.78, 5) is 0.969. The summed E-state index contributed by atoms with van der Waals surface area (Å²) in [6.45, 7) is 17.7. The molecule has 3 rings (SSSR count). The third kappa shape index (κ3) is 7.13. The van der Waals surface area contributed by atoms with Gasteiger partial charge in [-0.1, -0.05) is 84.4 Å². The van der Waals surface area contributed by atoms with E-state index >= 15 is 0 Å². The Morgan fingerprint density at radius 1 is 0.949 bits per heavy atom. The average Bonchev–Trinajstić information content (AvgIpc) is 2.88. The molecule has 0 saturated carbocycles. The van der Waals surface area contributed by atoms with Gasteiger partial charge in [-0.05, 0) is 72.6 Å². The molecule has 216 valence electrons. The first-order valence-corrected chi connectivity index (χ1v) is 19.1. The van der Waals surface area contributed by atoms with E-state index in [1.54, 1.807) is 16.4 Å². The van der Waals surface area contributed by atoms with Crippen LogP contribution in [0.5, 0.6) is 0 Å². The van der Waals surface area contributed by atoms with Gasteiger partial charge < -0.3 is 4.43 Å². The van der Waals surface area contributed by atoms with Gasteiger partial charge in [-0.15, -0.1) is 0 Å². The van der Waals surface area contributed by atoms with E-state index in [9.17, 15) is 12.6 Å². The Morgan fingerprint density at radius 3 is 2.05 bits per heavy atom. The van der Waals surface area contributed by atoms with E-state index in [1.165, 1.54) is 0 Å². The molecule has 0 aromatic heterocycles. The number of aryl methyl sites for hydroxylation is 1. The lowest BCUT2D eigenvalue weighted by molar-refractivity contribution is 0.219. The van der Waals surface area contributed by atoms with E-state index in [-0.39, 0.29) is 17.2 Å². The zero-order valence-corrected chi connectivity index (χ0v) is 27.5. The molecule has 0 bridgehead atoms. The molecule has 1 aliphatic rings. The van der Waals surface area contributed by atoms with Gasteiger partial charge in [-0.2, -0.15) is 4.31 Å². The second kappa shape index (κ2) is 13.3. The monoisotopic (exact) mass is 589 g/mol. The first kappa shape index (κ1) is 31.8. The number of hydrogen-bond donors (Lipinski definition) is 0. The molecule has 0 fully saturated rings. The first-order valence-electron chi connectivity index (χ1n) is 14.2. The molecule has 0 heterocycles. The number of allylic oxidation sites excluding steroid dienone is 1. The fourth-order valence-electron chi connectivity index (χ4n) is 6.13. The zero-order valence-electron chi connectivity index (χ0n) is 24.9. The maximum absolute atomic E-state index is 14.3. The van der Waals surface area contributed by atoms with Crippen molar-refractivity contribution in [2.24, 2.45) is 5.92 Å². The van der Waals surface area contributed by atoms with Crippen molar-refractivity contribution in [2.75, 3.05) is 12.3 Å². The quantitative estimate of drug-likeness (QED) is 0.238. The Bertz CT molecular complexity index is 1220. The summed E-state index contributed by atoms with van der Waals surface area (Å²) in [5.74, 6) is 1.32. The van der Waals surface area contributed by atoms with E-state index in [0.29, 0.717) is 33.9 Å². The molecule has 5 nitrogen and oxygen atoms in total. The summed E-state index contributed by atoms with van der Waals surface area (Å²) < 4.78 is 50.5. The number of rotatable bonds is 12.